The lowest BCUT2D eigenvalue weighted by Gasteiger charge is -2.13. The first-order valence-electron chi connectivity index (χ1n) is 10.0. The number of carbonyl (C=O) groups excluding carboxylic acids is 1. The first-order valence-corrected chi connectivity index (χ1v) is 10.0. The van der Waals surface area contributed by atoms with Crippen LogP contribution < -0.4 is 10.9 Å². The molecule has 0 aliphatic carbocycles. The summed E-state index contributed by atoms with van der Waals surface area (Å²) in [6, 6.07) is 12.7. The number of hydrogen-bond acceptors (Lipinski definition) is 5. The number of aromatic nitrogens is 2. The van der Waals surface area contributed by atoms with E-state index in [9.17, 15) is 18.4 Å². The summed E-state index contributed by atoms with van der Waals surface area (Å²) in [7, 11) is 3.87. The highest BCUT2D eigenvalue weighted by Crippen LogP contribution is 2.20. The lowest BCUT2D eigenvalue weighted by Crippen LogP contribution is -2.24. The summed E-state index contributed by atoms with van der Waals surface area (Å²) in [6.45, 7) is 1.12. The van der Waals surface area contributed by atoms with Crippen LogP contribution in [-0.2, 0) is 11.3 Å². The zero-order valence-electron chi connectivity index (χ0n) is 17.8. The Bertz CT molecular complexity index is 1130. The molecule has 0 fully saturated rings. The van der Waals surface area contributed by atoms with Gasteiger partial charge in [0.05, 0.1) is 18.8 Å². The van der Waals surface area contributed by atoms with Gasteiger partial charge >= 0.3 is 6.09 Å². The van der Waals surface area contributed by atoms with E-state index in [0.717, 1.165) is 24.7 Å². The molecule has 168 valence electrons. The number of para-hydroxylation sites is 1. The Balaban J connectivity index is 1.76. The number of carbonyl (C=O) groups is 1. The topological polar surface area (TPSA) is 76.5 Å². The average Bonchev–Trinajstić information content (AvgIpc) is 2.73. The minimum atomic E-state index is -0.738. The van der Waals surface area contributed by atoms with Crippen molar-refractivity contribution < 1.29 is 18.3 Å². The first kappa shape index (κ1) is 23.1. The molecule has 9 heteroatoms. The molecule has 32 heavy (non-hydrogen) atoms. The number of benzene rings is 2. The second-order valence-corrected chi connectivity index (χ2v) is 7.45. The van der Waals surface area contributed by atoms with Crippen LogP contribution in [0.15, 0.2) is 59.4 Å². The number of nitrogens with zero attached hydrogens (tertiary/aromatic N) is 3. The van der Waals surface area contributed by atoms with E-state index in [1.807, 2.05) is 19.0 Å². The normalized spacial score (nSPS) is 10.9. The van der Waals surface area contributed by atoms with E-state index in [2.05, 4.69) is 10.4 Å². The van der Waals surface area contributed by atoms with Crippen molar-refractivity contribution in [1.29, 1.82) is 0 Å². The number of ether oxygens (including phenoxy) is 1. The lowest BCUT2D eigenvalue weighted by atomic mass is 10.1. The Hall–Kier alpha value is -3.59. The quantitative estimate of drug-likeness (QED) is 0.538. The van der Waals surface area contributed by atoms with E-state index in [0.29, 0.717) is 17.7 Å². The summed E-state index contributed by atoms with van der Waals surface area (Å²) in [4.78, 5) is 26.5. The fourth-order valence-electron chi connectivity index (χ4n) is 3.05. The molecule has 1 aromatic heterocycles. The molecular weight excluding hydrogens is 418 g/mol. The molecule has 0 aliphatic heterocycles. The number of hydrogen-bond donors (Lipinski definition) is 1. The maximum absolute atomic E-state index is 13.6. The predicted octanol–water partition coefficient (Wildman–Crippen LogP) is 3.74. The number of rotatable bonds is 8. The van der Waals surface area contributed by atoms with Gasteiger partial charge in [0, 0.05) is 29.9 Å². The largest absolute Gasteiger partial charge is 0.449 e. The van der Waals surface area contributed by atoms with Crippen molar-refractivity contribution in [3.63, 3.8) is 0 Å². The fourth-order valence-corrected chi connectivity index (χ4v) is 3.05. The van der Waals surface area contributed by atoms with Gasteiger partial charge in [0.25, 0.3) is 5.56 Å². The third kappa shape index (κ3) is 6.45. The molecule has 0 spiro atoms. The molecule has 1 heterocycles. The monoisotopic (exact) mass is 442 g/mol. The maximum Gasteiger partial charge on any atom is 0.411 e. The van der Waals surface area contributed by atoms with Gasteiger partial charge in [0.15, 0.2) is 0 Å². The van der Waals surface area contributed by atoms with Crippen LogP contribution in [0.5, 0.6) is 0 Å². The zero-order valence-corrected chi connectivity index (χ0v) is 17.8. The van der Waals surface area contributed by atoms with E-state index in [4.69, 9.17) is 4.74 Å². The highest BCUT2D eigenvalue weighted by Gasteiger charge is 2.11. The summed E-state index contributed by atoms with van der Waals surface area (Å²) < 4.78 is 33.5. The number of amides is 1. The van der Waals surface area contributed by atoms with Crippen LogP contribution in [0.4, 0.5) is 19.3 Å². The van der Waals surface area contributed by atoms with Crippen molar-refractivity contribution in [2.75, 3.05) is 32.6 Å². The molecular formula is C23H24F2N4O3. The summed E-state index contributed by atoms with van der Waals surface area (Å²) in [5, 5.41) is 6.92. The standard InChI is InChI=1S/C23H24F2N4O3/c1-28(2)10-5-11-32-23(31)26-20-7-4-3-6-16(20)15-29-22(30)9-8-21(27-29)17-12-18(24)14-19(25)13-17/h3-4,6-9,12-14H,5,10-11,15H2,1-2H3,(H,26,31). The van der Waals surface area contributed by atoms with Gasteiger partial charge in [-0.1, -0.05) is 18.2 Å². The second-order valence-electron chi connectivity index (χ2n) is 7.45. The van der Waals surface area contributed by atoms with Crippen LogP contribution in [-0.4, -0.2) is 48.0 Å². The lowest BCUT2D eigenvalue weighted by molar-refractivity contribution is 0.156. The molecule has 0 saturated heterocycles. The van der Waals surface area contributed by atoms with Crippen LogP contribution in [0.1, 0.15) is 12.0 Å². The van der Waals surface area contributed by atoms with Gasteiger partial charge in [-0.15, -0.1) is 0 Å². The van der Waals surface area contributed by atoms with Crippen molar-refractivity contribution in [3.8, 4) is 11.3 Å². The van der Waals surface area contributed by atoms with Crippen molar-refractivity contribution in [2.45, 2.75) is 13.0 Å². The molecule has 0 unspecified atom stereocenters. The van der Waals surface area contributed by atoms with Gasteiger partial charge in [0.2, 0.25) is 0 Å². The van der Waals surface area contributed by atoms with Gasteiger partial charge in [-0.25, -0.2) is 18.3 Å². The summed E-state index contributed by atoms with van der Waals surface area (Å²) in [5.74, 6) is -1.48. The SMILES string of the molecule is CN(C)CCCOC(=O)Nc1ccccc1Cn1nc(-c2cc(F)cc(F)c2)ccc1=O. The Morgan fingerprint density at radius 3 is 2.53 bits per heavy atom. The summed E-state index contributed by atoms with van der Waals surface area (Å²) in [5.41, 5.74) is 1.15. The van der Waals surface area contributed by atoms with Gasteiger partial charge < -0.3 is 9.64 Å². The number of anilines is 1. The van der Waals surface area contributed by atoms with E-state index in [-0.39, 0.29) is 24.4 Å². The molecule has 7 nitrogen and oxygen atoms in total. The third-order valence-corrected chi connectivity index (χ3v) is 4.58. The molecule has 0 bridgehead atoms. The molecule has 0 radical (unpaired) electrons. The van der Waals surface area contributed by atoms with Gasteiger partial charge in [0.1, 0.15) is 11.6 Å². The first-order chi connectivity index (χ1) is 15.3. The average molecular weight is 442 g/mol. The highest BCUT2D eigenvalue weighted by atomic mass is 19.1. The number of halogens is 2. The summed E-state index contributed by atoms with van der Waals surface area (Å²) in [6.07, 6.45) is 0.106. The second kappa shape index (κ2) is 10.6. The molecule has 3 rings (SSSR count). The van der Waals surface area contributed by atoms with Crippen LogP contribution in [0, 0.1) is 11.6 Å². The maximum atomic E-state index is 13.6. The van der Waals surface area contributed by atoms with Gasteiger partial charge in [-0.3, -0.25) is 10.1 Å². The summed E-state index contributed by atoms with van der Waals surface area (Å²) >= 11 is 0. The van der Waals surface area contributed by atoms with Crippen molar-refractivity contribution >= 4 is 11.8 Å². The highest BCUT2D eigenvalue weighted by molar-refractivity contribution is 5.85. The van der Waals surface area contributed by atoms with Crippen LogP contribution in [0.25, 0.3) is 11.3 Å². The van der Waals surface area contributed by atoms with E-state index >= 15 is 0 Å². The molecule has 0 saturated carbocycles. The smallest absolute Gasteiger partial charge is 0.411 e. The fraction of sp³-hybridized carbons (Fsp3) is 0.261. The Kier molecular flexibility index (Phi) is 7.67. The van der Waals surface area contributed by atoms with Crippen molar-refractivity contribution in [3.05, 3.63) is 82.1 Å². The molecule has 3 aromatic rings. The van der Waals surface area contributed by atoms with Crippen molar-refractivity contribution in [2.24, 2.45) is 0 Å². The van der Waals surface area contributed by atoms with Gasteiger partial charge in [-0.05, 0) is 50.3 Å². The molecule has 0 atom stereocenters. The predicted molar refractivity (Wildman–Crippen MR) is 118 cm³/mol. The van der Waals surface area contributed by atoms with Gasteiger partial charge in [-0.2, -0.15) is 5.10 Å². The zero-order chi connectivity index (χ0) is 23.1. The molecule has 1 amide bonds. The Morgan fingerprint density at radius 1 is 1.09 bits per heavy atom. The van der Waals surface area contributed by atoms with E-state index in [1.165, 1.54) is 16.8 Å². The minimum absolute atomic E-state index is 0.0432. The van der Waals surface area contributed by atoms with E-state index < -0.39 is 23.3 Å². The van der Waals surface area contributed by atoms with Crippen LogP contribution >= 0.6 is 0 Å². The number of nitrogens with one attached hydrogen (secondary N) is 1. The Morgan fingerprint density at radius 2 is 1.81 bits per heavy atom. The third-order valence-electron chi connectivity index (χ3n) is 4.58. The Labute approximate surface area is 184 Å². The molecule has 1 N–H and O–H groups in total. The van der Waals surface area contributed by atoms with E-state index in [1.54, 1.807) is 24.3 Å². The van der Waals surface area contributed by atoms with Crippen LogP contribution in [0.3, 0.4) is 0 Å². The van der Waals surface area contributed by atoms with Crippen molar-refractivity contribution in [1.82, 2.24) is 14.7 Å². The molecule has 2 aromatic carbocycles. The van der Waals surface area contributed by atoms with Crippen LogP contribution in [0.2, 0.25) is 0 Å². The molecule has 0 aliphatic rings. The minimum Gasteiger partial charge on any atom is -0.449 e.